The molecular weight excluding hydrogens is 208 g/mol. The molecule has 0 radical (unpaired) electrons. The Kier molecular flexibility index (Phi) is 4.17. The van der Waals surface area contributed by atoms with Crippen molar-refractivity contribution in [1.29, 1.82) is 5.26 Å². The second-order valence-electron chi connectivity index (χ2n) is 4.98. The zero-order valence-corrected chi connectivity index (χ0v) is 10.4. The molecule has 17 heavy (non-hydrogen) atoms. The summed E-state index contributed by atoms with van der Waals surface area (Å²) in [6.07, 6.45) is 5.29. The maximum Gasteiger partial charge on any atom is 0.0991 e. The lowest BCUT2D eigenvalue weighted by Gasteiger charge is -2.12. The molecule has 1 aromatic rings. The van der Waals surface area contributed by atoms with Crippen molar-refractivity contribution in [2.45, 2.75) is 45.2 Å². The highest BCUT2D eigenvalue weighted by Crippen LogP contribution is 2.27. The quantitative estimate of drug-likeness (QED) is 0.858. The number of nitriles is 1. The van der Waals surface area contributed by atoms with Crippen molar-refractivity contribution in [3.8, 4) is 6.07 Å². The second-order valence-corrected chi connectivity index (χ2v) is 4.98. The third kappa shape index (κ3) is 3.31. The monoisotopic (exact) mass is 228 g/mol. The van der Waals surface area contributed by atoms with Gasteiger partial charge >= 0.3 is 0 Å². The van der Waals surface area contributed by atoms with E-state index in [4.69, 9.17) is 5.26 Å². The lowest BCUT2D eigenvalue weighted by atomic mass is 10.1. The van der Waals surface area contributed by atoms with Gasteiger partial charge in [0.2, 0.25) is 0 Å². The topological polar surface area (TPSA) is 35.8 Å². The third-order valence-electron chi connectivity index (χ3n) is 3.77. The van der Waals surface area contributed by atoms with Gasteiger partial charge in [-0.1, -0.05) is 25.5 Å². The van der Waals surface area contributed by atoms with E-state index in [9.17, 15) is 0 Å². The van der Waals surface area contributed by atoms with E-state index in [0.29, 0.717) is 6.04 Å². The van der Waals surface area contributed by atoms with E-state index in [1.165, 1.54) is 31.2 Å². The van der Waals surface area contributed by atoms with Crippen LogP contribution in [0.15, 0.2) is 24.3 Å². The summed E-state index contributed by atoms with van der Waals surface area (Å²) >= 11 is 0. The summed E-state index contributed by atoms with van der Waals surface area (Å²) in [6.45, 7) is 3.17. The Morgan fingerprint density at radius 3 is 3.00 bits per heavy atom. The molecule has 0 bridgehead atoms. The van der Waals surface area contributed by atoms with Crippen molar-refractivity contribution in [3.05, 3.63) is 35.4 Å². The summed E-state index contributed by atoms with van der Waals surface area (Å²) in [5.74, 6) is 0.915. The molecule has 2 nitrogen and oxygen atoms in total. The molecule has 2 unspecified atom stereocenters. The van der Waals surface area contributed by atoms with Gasteiger partial charge in [0, 0.05) is 12.6 Å². The van der Waals surface area contributed by atoms with Crippen LogP contribution in [0, 0.1) is 17.2 Å². The van der Waals surface area contributed by atoms with Gasteiger partial charge in [-0.05, 0) is 42.9 Å². The molecular formula is C15H20N2. The number of hydrogen-bond donors (Lipinski definition) is 1. The molecule has 2 rings (SSSR count). The first-order chi connectivity index (χ1) is 8.31. The van der Waals surface area contributed by atoms with Crippen molar-refractivity contribution in [3.63, 3.8) is 0 Å². The van der Waals surface area contributed by atoms with Crippen LogP contribution < -0.4 is 5.32 Å². The van der Waals surface area contributed by atoms with Gasteiger partial charge in [-0.25, -0.2) is 0 Å². The van der Waals surface area contributed by atoms with Crippen molar-refractivity contribution < 1.29 is 0 Å². The molecule has 0 amide bonds. The predicted octanol–water partition coefficient (Wildman–Crippen LogP) is 3.23. The van der Waals surface area contributed by atoms with E-state index in [0.717, 1.165) is 18.0 Å². The van der Waals surface area contributed by atoms with Gasteiger partial charge in [0.1, 0.15) is 0 Å². The Morgan fingerprint density at radius 1 is 1.41 bits per heavy atom. The van der Waals surface area contributed by atoms with Gasteiger partial charge < -0.3 is 5.32 Å². The molecule has 0 heterocycles. The smallest absolute Gasteiger partial charge is 0.0991 e. The maximum atomic E-state index is 8.84. The molecule has 0 spiro atoms. The molecule has 0 saturated heterocycles. The molecule has 1 N–H and O–H groups in total. The van der Waals surface area contributed by atoms with Gasteiger partial charge in [0.05, 0.1) is 11.6 Å². The normalized spacial score (nSPS) is 23.5. The minimum atomic E-state index is 0.672. The Labute approximate surface area is 104 Å². The highest BCUT2D eigenvalue weighted by molar-refractivity contribution is 5.32. The molecule has 0 aliphatic heterocycles. The Morgan fingerprint density at radius 2 is 2.29 bits per heavy atom. The first-order valence-corrected chi connectivity index (χ1v) is 6.54. The van der Waals surface area contributed by atoms with E-state index in [2.05, 4.69) is 24.4 Å². The summed E-state index contributed by atoms with van der Waals surface area (Å²) in [5.41, 5.74) is 1.96. The first-order valence-electron chi connectivity index (χ1n) is 6.54. The van der Waals surface area contributed by atoms with E-state index in [1.807, 2.05) is 18.2 Å². The first kappa shape index (κ1) is 12.1. The molecule has 0 aromatic heterocycles. The highest BCUT2D eigenvalue weighted by atomic mass is 14.9. The molecule has 1 aromatic carbocycles. The van der Waals surface area contributed by atoms with E-state index >= 15 is 0 Å². The van der Waals surface area contributed by atoms with E-state index in [-0.39, 0.29) is 0 Å². The number of hydrogen-bond acceptors (Lipinski definition) is 2. The van der Waals surface area contributed by atoms with Crippen LogP contribution in [0.2, 0.25) is 0 Å². The fraction of sp³-hybridized carbons (Fsp3) is 0.533. The van der Waals surface area contributed by atoms with Crippen LogP contribution in [-0.2, 0) is 6.54 Å². The molecule has 2 atom stereocenters. The zero-order valence-electron chi connectivity index (χ0n) is 10.4. The lowest BCUT2D eigenvalue weighted by Crippen LogP contribution is -2.25. The average Bonchev–Trinajstić information content (AvgIpc) is 2.84. The highest BCUT2D eigenvalue weighted by Gasteiger charge is 2.22. The van der Waals surface area contributed by atoms with Crippen molar-refractivity contribution in [2.24, 2.45) is 5.92 Å². The molecule has 90 valence electrons. The third-order valence-corrected chi connectivity index (χ3v) is 3.77. The van der Waals surface area contributed by atoms with Gasteiger partial charge in [-0.3, -0.25) is 0 Å². The van der Waals surface area contributed by atoms with Gasteiger partial charge in [-0.15, -0.1) is 0 Å². The number of benzene rings is 1. The summed E-state index contributed by atoms with van der Waals surface area (Å²) < 4.78 is 0. The average molecular weight is 228 g/mol. The fourth-order valence-corrected chi connectivity index (χ4v) is 2.64. The van der Waals surface area contributed by atoms with Crippen LogP contribution in [0.5, 0.6) is 0 Å². The predicted molar refractivity (Wildman–Crippen MR) is 69.4 cm³/mol. The molecule has 1 aliphatic carbocycles. The van der Waals surface area contributed by atoms with Gasteiger partial charge in [0.15, 0.2) is 0 Å². The second kappa shape index (κ2) is 5.84. The largest absolute Gasteiger partial charge is 0.310 e. The molecule has 1 aliphatic rings. The van der Waals surface area contributed by atoms with Crippen LogP contribution in [0.3, 0.4) is 0 Å². The van der Waals surface area contributed by atoms with Crippen molar-refractivity contribution in [1.82, 2.24) is 5.32 Å². The maximum absolute atomic E-state index is 8.84. The minimum Gasteiger partial charge on any atom is -0.310 e. The van der Waals surface area contributed by atoms with Gasteiger partial charge in [-0.2, -0.15) is 5.26 Å². The lowest BCUT2D eigenvalue weighted by molar-refractivity contribution is 0.477. The van der Waals surface area contributed by atoms with E-state index < -0.39 is 0 Å². The molecule has 2 heteroatoms. The fourth-order valence-electron chi connectivity index (χ4n) is 2.64. The Balaban J connectivity index is 1.84. The summed E-state index contributed by atoms with van der Waals surface area (Å²) in [6, 6.07) is 10.7. The minimum absolute atomic E-state index is 0.672. The summed E-state index contributed by atoms with van der Waals surface area (Å²) in [7, 11) is 0. The SMILES string of the molecule is CCC1CCC(NCc2cccc(C#N)c2)C1. The van der Waals surface area contributed by atoms with Crippen molar-refractivity contribution >= 4 is 0 Å². The van der Waals surface area contributed by atoms with E-state index in [1.54, 1.807) is 0 Å². The number of nitrogens with zero attached hydrogens (tertiary/aromatic N) is 1. The molecule has 1 fully saturated rings. The zero-order chi connectivity index (χ0) is 12.1. The van der Waals surface area contributed by atoms with Crippen molar-refractivity contribution in [2.75, 3.05) is 0 Å². The van der Waals surface area contributed by atoms with Crippen LogP contribution >= 0.6 is 0 Å². The molecule has 1 saturated carbocycles. The summed E-state index contributed by atoms with van der Waals surface area (Å²) in [4.78, 5) is 0. The van der Waals surface area contributed by atoms with Crippen LogP contribution in [-0.4, -0.2) is 6.04 Å². The summed E-state index contributed by atoms with van der Waals surface area (Å²) in [5, 5.41) is 12.4. The number of nitrogens with one attached hydrogen (secondary N) is 1. The Bertz CT molecular complexity index is 406. The van der Waals surface area contributed by atoms with Crippen LogP contribution in [0.25, 0.3) is 0 Å². The Hall–Kier alpha value is -1.33. The van der Waals surface area contributed by atoms with Gasteiger partial charge in [0.25, 0.3) is 0 Å². The van der Waals surface area contributed by atoms with Crippen LogP contribution in [0.4, 0.5) is 0 Å². The standard InChI is InChI=1S/C15H20N2/c1-2-12-6-7-15(9-12)17-11-14-5-3-4-13(8-14)10-16/h3-5,8,12,15,17H,2,6-7,9,11H2,1H3. The van der Waals surface area contributed by atoms with Crippen LogP contribution in [0.1, 0.15) is 43.7 Å². The number of rotatable bonds is 4.